The fraction of sp³-hybridized carbons (Fsp3) is 0. The molecule has 10 heteroatoms. The number of phenolic OH excluding ortho intramolecular Hbond substituents is 1. The fourth-order valence-corrected chi connectivity index (χ4v) is 2.38. The van der Waals surface area contributed by atoms with E-state index in [0.717, 1.165) is 10.7 Å². The molecule has 0 aliphatic rings. The maximum Gasteiger partial charge on any atom is 0.311 e. The van der Waals surface area contributed by atoms with Gasteiger partial charge in [-0.3, -0.25) is 20.3 Å². The lowest BCUT2D eigenvalue weighted by molar-refractivity contribution is -0.385. The molecule has 0 saturated heterocycles. The van der Waals surface area contributed by atoms with Crippen molar-refractivity contribution in [3.05, 3.63) is 85.8 Å². The minimum Gasteiger partial charge on any atom is -0.502 e. The van der Waals surface area contributed by atoms with Gasteiger partial charge in [-0.25, -0.2) is 0 Å². The predicted octanol–water partition coefficient (Wildman–Crippen LogP) is 2.95. The van der Waals surface area contributed by atoms with E-state index >= 15 is 0 Å². The molecular weight excluding hydrogens is 374 g/mol. The highest BCUT2D eigenvalue weighted by atomic mass is 35.5. The molecule has 0 unspecified atom stereocenters. The lowest BCUT2D eigenvalue weighted by atomic mass is 10.2. The van der Waals surface area contributed by atoms with Crippen LogP contribution in [0.2, 0.25) is 5.02 Å². The number of hydrogen-bond donors (Lipinski definition) is 2. The molecule has 136 valence electrons. The average Bonchev–Trinajstić information content (AvgIpc) is 2.67. The number of benzene rings is 2. The Kier molecular flexibility index (Phi) is 5.13. The molecule has 0 radical (unpaired) electrons. The summed E-state index contributed by atoms with van der Waals surface area (Å²) in [4.78, 5) is 22.5. The van der Waals surface area contributed by atoms with Gasteiger partial charge in [0.25, 0.3) is 5.56 Å². The standard InChI is InChI=1S/C17H12ClN5O4/c18-16-13(10-20-22(17(16)25)12-4-2-1-3-5-12)21-19-9-11-6-7-15(24)14(8-11)23(26)27/h1-10,21,24H/b19-9-. The van der Waals surface area contributed by atoms with E-state index in [-0.39, 0.29) is 10.7 Å². The van der Waals surface area contributed by atoms with Gasteiger partial charge in [0, 0.05) is 11.6 Å². The largest absolute Gasteiger partial charge is 0.502 e. The van der Waals surface area contributed by atoms with Crippen LogP contribution in [0.4, 0.5) is 11.4 Å². The van der Waals surface area contributed by atoms with Crippen molar-refractivity contribution >= 4 is 29.2 Å². The second kappa shape index (κ2) is 7.67. The number of nitrogens with zero attached hydrogens (tertiary/aromatic N) is 4. The molecule has 9 nitrogen and oxygen atoms in total. The quantitative estimate of drug-likeness (QED) is 0.395. The van der Waals surface area contributed by atoms with E-state index in [2.05, 4.69) is 15.6 Å². The summed E-state index contributed by atoms with van der Waals surface area (Å²) in [6.07, 6.45) is 2.62. The third kappa shape index (κ3) is 3.93. The normalized spacial score (nSPS) is 10.9. The van der Waals surface area contributed by atoms with Crippen molar-refractivity contribution in [1.82, 2.24) is 9.78 Å². The zero-order valence-corrected chi connectivity index (χ0v) is 14.4. The van der Waals surface area contributed by atoms with Gasteiger partial charge >= 0.3 is 5.69 Å². The Morgan fingerprint density at radius 2 is 2.00 bits per heavy atom. The molecule has 1 heterocycles. The Morgan fingerprint density at radius 3 is 2.70 bits per heavy atom. The number of hydrazone groups is 1. The second-order valence-corrected chi connectivity index (χ2v) is 5.68. The van der Waals surface area contributed by atoms with Gasteiger partial charge < -0.3 is 5.11 Å². The van der Waals surface area contributed by atoms with E-state index in [9.17, 15) is 20.0 Å². The molecule has 2 aromatic carbocycles. The number of aromatic nitrogens is 2. The summed E-state index contributed by atoms with van der Waals surface area (Å²) in [7, 11) is 0. The van der Waals surface area contributed by atoms with Crippen LogP contribution in [0.15, 0.2) is 64.6 Å². The average molecular weight is 386 g/mol. The van der Waals surface area contributed by atoms with Crippen molar-refractivity contribution in [2.24, 2.45) is 5.10 Å². The Hall–Kier alpha value is -3.72. The monoisotopic (exact) mass is 385 g/mol. The van der Waals surface area contributed by atoms with Crippen molar-refractivity contribution in [3.63, 3.8) is 0 Å². The number of nitro groups is 1. The molecule has 3 aromatic rings. The molecule has 0 bridgehead atoms. The van der Waals surface area contributed by atoms with E-state index in [4.69, 9.17) is 11.6 Å². The lowest BCUT2D eigenvalue weighted by Gasteiger charge is -2.07. The van der Waals surface area contributed by atoms with E-state index in [1.165, 1.54) is 24.5 Å². The Morgan fingerprint density at radius 1 is 1.26 bits per heavy atom. The first-order chi connectivity index (χ1) is 13.0. The summed E-state index contributed by atoms with van der Waals surface area (Å²) in [5.41, 5.74) is 2.72. The Balaban J connectivity index is 1.82. The van der Waals surface area contributed by atoms with Crippen LogP contribution in [-0.4, -0.2) is 26.0 Å². The van der Waals surface area contributed by atoms with Crippen molar-refractivity contribution in [3.8, 4) is 11.4 Å². The number of halogens is 1. The van der Waals surface area contributed by atoms with Crippen LogP contribution in [0.1, 0.15) is 5.56 Å². The van der Waals surface area contributed by atoms with E-state index in [0.29, 0.717) is 11.3 Å². The molecule has 0 aliphatic heterocycles. The van der Waals surface area contributed by atoms with Crippen molar-refractivity contribution in [1.29, 1.82) is 0 Å². The van der Waals surface area contributed by atoms with Crippen molar-refractivity contribution in [2.45, 2.75) is 0 Å². The zero-order chi connectivity index (χ0) is 19.4. The first kappa shape index (κ1) is 18.1. The summed E-state index contributed by atoms with van der Waals surface area (Å²) in [6.45, 7) is 0. The second-order valence-electron chi connectivity index (χ2n) is 5.30. The molecule has 27 heavy (non-hydrogen) atoms. The van der Waals surface area contributed by atoms with Gasteiger partial charge in [-0.15, -0.1) is 0 Å². The molecule has 3 rings (SSSR count). The van der Waals surface area contributed by atoms with E-state index in [1.54, 1.807) is 24.3 Å². The Bertz CT molecular complexity index is 1080. The van der Waals surface area contributed by atoms with Gasteiger partial charge in [0.2, 0.25) is 0 Å². The summed E-state index contributed by atoms with van der Waals surface area (Å²) < 4.78 is 1.15. The molecule has 0 saturated carbocycles. The summed E-state index contributed by atoms with van der Waals surface area (Å²) in [5.74, 6) is -0.443. The van der Waals surface area contributed by atoms with Gasteiger partial charge in [0.1, 0.15) is 10.7 Å². The number of nitrogens with one attached hydrogen (secondary N) is 1. The van der Waals surface area contributed by atoms with Crippen molar-refractivity contribution in [2.75, 3.05) is 5.43 Å². The van der Waals surface area contributed by atoms with Gasteiger partial charge in [0.05, 0.1) is 23.0 Å². The van der Waals surface area contributed by atoms with Gasteiger partial charge in [0.15, 0.2) is 5.75 Å². The number of hydrogen-bond acceptors (Lipinski definition) is 7. The number of rotatable bonds is 5. The maximum absolute atomic E-state index is 12.4. The highest BCUT2D eigenvalue weighted by Gasteiger charge is 2.13. The first-order valence-corrected chi connectivity index (χ1v) is 7.95. The third-order valence-corrected chi connectivity index (χ3v) is 3.88. The van der Waals surface area contributed by atoms with Gasteiger partial charge in [-0.05, 0) is 24.3 Å². The molecule has 0 spiro atoms. The van der Waals surface area contributed by atoms with Crippen LogP contribution < -0.4 is 11.0 Å². The van der Waals surface area contributed by atoms with E-state index in [1.807, 2.05) is 6.07 Å². The van der Waals surface area contributed by atoms with Gasteiger partial charge in [-0.2, -0.15) is 14.9 Å². The van der Waals surface area contributed by atoms with Crippen LogP contribution in [0, 0.1) is 10.1 Å². The minimum absolute atomic E-state index is 0.109. The first-order valence-electron chi connectivity index (χ1n) is 7.57. The number of anilines is 1. The fourth-order valence-electron chi connectivity index (χ4n) is 2.21. The zero-order valence-electron chi connectivity index (χ0n) is 13.6. The number of aromatic hydroxyl groups is 1. The minimum atomic E-state index is -0.704. The molecular formula is C17H12ClN5O4. The number of para-hydroxylation sites is 1. The van der Waals surface area contributed by atoms with Crippen molar-refractivity contribution < 1.29 is 10.0 Å². The van der Waals surface area contributed by atoms with Gasteiger partial charge in [-0.1, -0.05) is 29.8 Å². The molecule has 0 aliphatic carbocycles. The molecule has 0 fully saturated rings. The van der Waals surface area contributed by atoms with E-state index < -0.39 is 21.9 Å². The smallest absolute Gasteiger partial charge is 0.311 e. The number of nitro benzene ring substituents is 1. The third-order valence-electron chi connectivity index (χ3n) is 3.51. The molecule has 1 aromatic heterocycles. The SMILES string of the molecule is O=c1c(Cl)c(N/N=C\c2ccc(O)c([N+](=O)[O-])c2)cnn1-c1ccccc1. The van der Waals surface area contributed by atoms with Crippen LogP contribution in [-0.2, 0) is 0 Å². The molecule has 0 atom stereocenters. The maximum atomic E-state index is 12.4. The molecule has 0 amide bonds. The lowest BCUT2D eigenvalue weighted by Crippen LogP contribution is -2.22. The van der Waals surface area contributed by atoms with Crippen LogP contribution in [0.3, 0.4) is 0 Å². The Labute approximate surface area is 157 Å². The highest BCUT2D eigenvalue weighted by molar-refractivity contribution is 6.32. The summed E-state index contributed by atoms with van der Waals surface area (Å²) in [5, 5.41) is 28.1. The predicted molar refractivity (Wildman–Crippen MR) is 101 cm³/mol. The van der Waals surface area contributed by atoms with Crippen LogP contribution in [0.25, 0.3) is 5.69 Å². The summed E-state index contributed by atoms with van der Waals surface area (Å²) >= 11 is 6.09. The highest BCUT2D eigenvalue weighted by Crippen LogP contribution is 2.25. The summed E-state index contributed by atoms with van der Waals surface area (Å²) in [6, 6.07) is 12.6. The number of phenols is 1. The topological polar surface area (TPSA) is 123 Å². The molecule has 2 N–H and O–H groups in total. The van der Waals surface area contributed by atoms with Crippen LogP contribution >= 0.6 is 11.6 Å². The van der Waals surface area contributed by atoms with Crippen LogP contribution in [0.5, 0.6) is 5.75 Å².